The van der Waals surface area contributed by atoms with E-state index in [9.17, 15) is 0 Å². The minimum atomic E-state index is -0.463. The number of hydrogen-bond donors (Lipinski definition) is 2. The van der Waals surface area contributed by atoms with Gasteiger partial charge in [-0.15, -0.1) is 0 Å². The molecule has 4 nitrogen and oxygen atoms in total. The van der Waals surface area contributed by atoms with Gasteiger partial charge >= 0.3 is 0 Å². The fraction of sp³-hybridized carbons (Fsp3) is 1.00. The van der Waals surface area contributed by atoms with Gasteiger partial charge in [0.15, 0.2) is 5.79 Å². The van der Waals surface area contributed by atoms with E-state index in [1.165, 1.54) is 0 Å². The number of aliphatic hydroxyl groups excluding tert-OH is 1. The van der Waals surface area contributed by atoms with Crippen LogP contribution < -0.4 is 5.32 Å². The summed E-state index contributed by atoms with van der Waals surface area (Å²) < 4.78 is 11.3. The maximum Gasteiger partial charge on any atom is 0.180 e. The third-order valence-electron chi connectivity index (χ3n) is 2.57. The van der Waals surface area contributed by atoms with Crippen LogP contribution >= 0.6 is 0 Å². The number of piperidine rings is 1. The largest absolute Gasteiger partial charge is 0.395 e. The lowest BCUT2D eigenvalue weighted by molar-refractivity contribution is -0.243. The summed E-state index contributed by atoms with van der Waals surface area (Å²) in [5.74, 6) is -0.463. The first-order valence-electron chi connectivity index (χ1n) is 5.38. The van der Waals surface area contributed by atoms with Crippen molar-refractivity contribution in [1.82, 2.24) is 5.32 Å². The summed E-state index contributed by atoms with van der Waals surface area (Å²) in [5.41, 5.74) is 0. The van der Waals surface area contributed by atoms with Gasteiger partial charge in [-0.1, -0.05) is 0 Å². The van der Waals surface area contributed by atoms with Gasteiger partial charge in [-0.2, -0.15) is 0 Å². The van der Waals surface area contributed by atoms with Crippen molar-refractivity contribution in [2.24, 2.45) is 0 Å². The van der Waals surface area contributed by atoms with Gasteiger partial charge in [0.25, 0.3) is 0 Å². The monoisotopic (exact) mass is 203 g/mol. The van der Waals surface area contributed by atoms with E-state index >= 15 is 0 Å². The van der Waals surface area contributed by atoms with Crippen molar-refractivity contribution < 1.29 is 14.6 Å². The van der Waals surface area contributed by atoms with Crippen LogP contribution in [0.3, 0.4) is 0 Å². The molecule has 1 atom stereocenters. The molecule has 0 amide bonds. The molecule has 2 N–H and O–H groups in total. The predicted molar refractivity (Wildman–Crippen MR) is 54.1 cm³/mol. The first-order valence-corrected chi connectivity index (χ1v) is 5.38. The van der Waals surface area contributed by atoms with E-state index in [2.05, 4.69) is 5.32 Å². The summed E-state index contributed by atoms with van der Waals surface area (Å²) in [6.07, 6.45) is 1.75. The lowest BCUT2D eigenvalue weighted by atomic mass is 10.00. The molecular formula is C10H21NO3. The molecule has 0 aromatic heterocycles. The zero-order chi connectivity index (χ0) is 10.4. The first kappa shape index (κ1) is 11.9. The topological polar surface area (TPSA) is 50.7 Å². The zero-order valence-corrected chi connectivity index (χ0v) is 9.08. The minimum absolute atomic E-state index is 0.189. The van der Waals surface area contributed by atoms with Gasteiger partial charge in [0.2, 0.25) is 0 Å². The second-order valence-electron chi connectivity index (χ2n) is 3.58. The standard InChI is InChI=1S/C10H21NO3/c1-3-13-10(14-4-2)6-5-9(7-12)11-8-10/h9,11-12H,3-8H2,1-2H3/t9-/m1/s1. The first-order chi connectivity index (χ1) is 6.76. The van der Waals surface area contributed by atoms with Gasteiger partial charge in [-0.3, -0.25) is 0 Å². The Morgan fingerprint density at radius 3 is 2.36 bits per heavy atom. The van der Waals surface area contributed by atoms with E-state index in [1.54, 1.807) is 0 Å². The highest BCUT2D eigenvalue weighted by Gasteiger charge is 2.36. The van der Waals surface area contributed by atoms with Crippen LogP contribution in [-0.2, 0) is 9.47 Å². The second kappa shape index (κ2) is 5.66. The van der Waals surface area contributed by atoms with E-state index in [0.29, 0.717) is 19.8 Å². The molecule has 84 valence electrons. The number of rotatable bonds is 5. The molecule has 1 rings (SSSR count). The van der Waals surface area contributed by atoms with Gasteiger partial charge < -0.3 is 19.9 Å². The van der Waals surface area contributed by atoms with Crippen molar-refractivity contribution >= 4 is 0 Å². The average molecular weight is 203 g/mol. The highest BCUT2D eigenvalue weighted by Crippen LogP contribution is 2.24. The number of nitrogens with one attached hydrogen (secondary N) is 1. The van der Waals surface area contributed by atoms with Gasteiger partial charge in [-0.25, -0.2) is 0 Å². The lowest BCUT2D eigenvalue weighted by Crippen LogP contribution is -2.54. The Bertz CT molecular complexity index is 147. The van der Waals surface area contributed by atoms with Crippen LogP contribution in [0.1, 0.15) is 26.7 Å². The Kier molecular flexibility index (Phi) is 4.81. The summed E-state index contributed by atoms with van der Waals surface area (Å²) >= 11 is 0. The predicted octanol–water partition coefficient (Wildman–Crippen LogP) is 0.500. The van der Waals surface area contributed by atoms with Crippen LogP contribution in [-0.4, -0.2) is 43.3 Å². The van der Waals surface area contributed by atoms with E-state index < -0.39 is 5.79 Å². The molecule has 1 aliphatic rings. The van der Waals surface area contributed by atoms with E-state index in [-0.39, 0.29) is 12.6 Å². The Morgan fingerprint density at radius 1 is 1.36 bits per heavy atom. The molecule has 0 bridgehead atoms. The highest BCUT2D eigenvalue weighted by molar-refractivity contribution is 4.84. The van der Waals surface area contributed by atoms with Gasteiger partial charge in [0, 0.05) is 25.7 Å². The van der Waals surface area contributed by atoms with Crippen LogP contribution in [0.25, 0.3) is 0 Å². The summed E-state index contributed by atoms with van der Waals surface area (Å²) in [4.78, 5) is 0. The average Bonchev–Trinajstić information content (AvgIpc) is 2.20. The van der Waals surface area contributed by atoms with Crippen LogP contribution in [0.15, 0.2) is 0 Å². The quantitative estimate of drug-likeness (QED) is 0.639. The Balaban J connectivity index is 2.45. The molecule has 0 radical (unpaired) electrons. The maximum absolute atomic E-state index is 8.98. The van der Waals surface area contributed by atoms with Crippen molar-refractivity contribution in [2.75, 3.05) is 26.4 Å². The molecule has 0 aliphatic carbocycles. The van der Waals surface area contributed by atoms with E-state index in [0.717, 1.165) is 12.8 Å². The Hall–Kier alpha value is -0.160. The van der Waals surface area contributed by atoms with Gasteiger partial charge in [0.1, 0.15) is 0 Å². The summed E-state index contributed by atoms with van der Waals surface area (Å²) in [5, 5.41) is 12.2. The highest BCUT2D eigenvalue weighted by atomic mass is 16.7. The van der Waals surface area contributed by atoms with Crippen molar-refractivity contribution in [1.29, 1.82) is 0 Å². The Morgan fingerprint density at radius 2 is 2.00 bits per heavy atom. The molecule has 1 aliphatic heterocycles. The van der Waals surface area contributed by atoms with E-state index in [1.807, 2.05) is 13.8 Å². The SMILES string of the molecule is CCOC1(OCC)CC[C@H](CO)NC1. The van der Waals surface area contributed by atoms with Crippen molar-refractivity contribution in [3.63, 3.8) is 0 Å². The molecule has 1 saturated heterocycles. The van der Waals surface area contributed by atoms with E-state index in [4.69, 9.17) is 14.6 Å². The summed E-state index contributed by atoms with van der Waals surface area (Å²) in [6, 6.07) is 0.198. The molecule has 0 aromatic carbocycles. The molecule has 14 heavy (non-hydrogen) atoms. The van der Waals surface area contributed by atoms with Crippen LogP contribution in [0.5, 0.6) is 0 Å². The summed E-state index contributed by atoms with van der Waals surface area (Å²) in [6.45, 7) is 6.11. The number of ether oxygens (including phenoxy) is 2. The smallest absolute Gasteiger partial charge is 0.180 e. The fourth-order valence-corrected chi connectivity index (χ4v) is 1.85. The molecule has 1 heterocycles. The van der Waals surface area contributed by atoms with Crippen LogP contribution in [0.2, 0.25) is 0 Å². The summed E-state index contributed by atoms with van der Waals surface area (Å²) in [7, 11) is 0. The molecule has 0 aromatic rings. The van der Waals surface area contributed by atoms with Crippen LogP contribution in [0.4, 0.5) is 0 Å². The maximum atomic E-state index is 8.98. The zero-order valence-electron chi connectivity index (χ0n) is 9.08. The Labute approximate surface area is 85.6 Å². The minimum Gasteiger partial charge on any atom is -0.395 e. The van der Waals surface area contributed by atoms with Gasteiger partial charge in [-0.05, 0) is 20.3 Å². The normalized spacial score (nSPS) is 26.4. The third kappa shape index (κ3) is 2.92. The third-order valence-corrected chi connectivity index (χ3v) is 2.57. The molecule has 0 unspecified atom stereocenters. The number of aliphatic hydroxyl groups is 1. The molecule has 0 spiro atoms. The van der Waals surface area contributed by atoms with Crippen molar-refractivity contribution in [2.45, 2.75) is 38.5 Å². The molecular weight excluding hydrogens is 182 g/mol. The fourth-order valence-electron chi connectivity index (χ4n) is 1.85. The molecule has 1 fully saturated rings. The van der Waals surface area contributed by atoms with Crippen molar-refractivity contribution in [3.8, 4) is 0 Å². The number of hydrogen-bond acceptors (Lipinski definition) is 4. The molecule has 4 heteroatoms. The lowest BCUT2D eigenvalue weighted by Gasteiger charge is -2.39. The second-order valence-corrected chi connectivity index (χ2v) is 3.58. The van der Waals surface area contributed by atoms with Crippen LogP contribution in [0, 0.1) is 0 Å². The van der Waals surface area contributed by atoms with Crippen molar-refractivity contribution in [3.05, 3.63) is 0 Å². The molecule has 0 saturated carbocycles. The van der Waals surface area contributed by atoms with Gasteiger partial charge in [0.05, 0.1) is 13.2 Å².